The lowest BCUT2D eigenvalue weighted by Crippen LogP contribution is -2.31. The van der Waals surface area contributed by atoms with Crippen molar-refractivity contribution < 1.29 is 9.18 Å². The van der Waals surface area contributed by atoms with Gasteiger partial charge in [0.05, 0.1) is 22.0 Å². The van der Waals surface area contributed by atoms with Crippen LogP contribution < -0.4 is 0 Å². The highest BCUT2D eigenvalue weighted by atomic mass is 32.2. The third-order valence-corrected chi connectivity index (χ3v) is 6.53. The number of para-hydroxylation sites is 1. The van der Waals surface area contributed by atoms with Crippen LogP contribution in [0, 0.1) is 5.82 Å². The zero-order valence-electron chi connectivity index (χ0n) is 13.5. The van der Waals surface area contributed by atoms with Crippen LogP contribution in [0.1, 0.15) is 23.9 Å². The van der Waals surface area contributed by atoms with E-state index in [9.17, 15) is 9.18 Å². The molecule has 6 heteroatoms. The average Bonchev–Trinajstić information content (AvgIpc) is 3.27. The van der Waals surface area contributed by atoms with Crippen LogP contribution in [0.5, 0.6) is 0 Å². The second kappa shape index (κ2) is 7.14. The van der Waals surface area contributed by atoms with Crippen molar-refractivity contribution in [3.8, 4) is 0 Å². The van der Waals surface area contributed by atoms with Crippen molar-refractivity contribution in [3.05, 3.63) is 59.4 Å². The number of hydrogen-bond donors (Lipinski definition) is 0. The number of hydrogen-bond acceptors (Lipinski definition) is 4. The molecule has 128 valence electrons. The monoisotopic (exact) mass is 372 g/mol. The van der Waals surface area contributed by atoms with Gasteiger partial charge >= 0.3 is 0 Å². The molecule has 1 aliphatic heterocycles. The Morgan fingerprint density at radius 3 is 2.88 bits per heavy atom. The first-order valence-electron chi connectivity index (χ1n) is 8.24. The lowest BCUT2D eigenvalue weighted by atomic mass is 10.2. The molecule has 1 saturated heterocycles. The minimum atomic E-state index is -0.274. The molecular formula is C19H17FN2OS2. The van der Waals surface area contributed by atoms with Crippen LogP contribution in [0.15, 0.2) is 53.4 Å². The molecule has 2 heterocycles. The summed E-state index contributed by atoms with van der Waals surface area (Å²) in [6.45, 7) is 0.747. The molecule has 1 aliphatic rings. The summed E-state index contributed by atoms with van der Waals surface area (Å²) in [7, 11) is 0. The molecule has 1 fully saturated rings. The third-order valence-electron chi connectivity index (χ3n) is 4.36. The van der Waals surface area contributed by atoms with Gasteiger partial charge in [-0.1, -0.05) is 24.3 Å². The van der Waals surface area contributed by atoms with E-state index < -0.39 is 0 Å². The van der Waals surface area contributed by atoms with E-state index in [-0.39, 0.29) is 23.5 Å². The minimum absolute atomic E-state index is 0.0473. The molecule has 0 bridgehead atoms. The number of likely N-dealkylation sites (tertiary alicyclic amines) is 1. The summed E-state index contributed by atoms with van der Waals surface area (Å²) in [6.07, 6.45) is 1.92. The van der Waals surface area contributed by atoms with Crippen molar-refractivity contribution >= 4 is 39.2 Å². The van der Waals surface area contributed by atoms with Gasteiger partial charge in [-0.3, -0.25) is 4.79 Å². The predicted octanol–water partition coefficient (Wildman–Crippen LogP) is 4.89. The maximum atomic E-state index is 13.7. The maximum absolute atomic E-state index is 13.7. The Labute approximate surface area is 153 Å². The SMILES string of the molecule is O=C(CSc1ccccc1F)N1CCCC1c1nc2ccccc2s1. The van der Waals surface area contributed by atoms with Crippen LogP contribution in [0.3, 0.4) is 0 Å². The second-order valence-corrected chi connectivity index (χ2v) is 8.06. The van der Waals surface area contributed by atoms with E-state index in [0.717, 1.165) is 34.6 Å². The van der Waals surface area contributed by atoms with Crippen LogP contribution in [0.4, 0.5) is 4.39 Å². The van der Waals surface area contributed by atoms with Gasteiger partial charge in [0.25, 0.3) is 0 Å². The van der Waals surface area contributed by atoms with Crippen LogP contribution in [0.2, 0.25) is 0 Å². The number of thioether (sulfide) groups is 1. The molecule has 0 saturated carbocycles. The number of amides is 1. The second-order valence-electron chi connectivity index (χ2n) is 5.98. The molecule has 3 nitrogen and oxygen atoms in total. The van der Waals surface area contributed by atoms with Gasteiger partial charge in [-0.05, 0) is 37.1 Å². The van der Waals surface area contributed by atoms with Crippen molar-refractivity contribution in [2.24, 2.45) is 0 Å². The fraction of sp³-hybridized carbons (Fsp3) is 0.263. The molecule has 2 aromatic carbocycles. The number of benzene rings is 2. The number of halogens is 1. The summed E-state index contributed by atoms with van der Waals surface area (Å²) in [4.78, 5) is 19.8. The summed E-state index contributed by atoms with van der Waals surface area (Å²) in [6, 6.07) is 14.7. The number of carbonyl (C=O) groups excluding carboxylic acids is 1. The fourth-order valence-electron chi connectivity index (χ4n) is 3.14. The highest BCUT2D eigenvalue weighted by Crippen LogP contribution is 2.37. The van der Waals surface area contributed by atoms with Crippen LogP contribution in [-0.4, -0.2) is 28.1 Å². The molecule has 0 N–H and O–H groups in total. The van der Waals surface area contributed by atoms with E-state index in [2.05, 4.69) is 6.07 Å². The normalized spacial score (nSPS) is 17.3. The summed E-state index contributed by atoms with van der Waals surface area (Å²) in [5.74, 6) is 0.0296. The van der Waals surface area contributed by atoms with Gasteiger partial charge in [0, 0.05) is 11.4 Å². The van der Waals surface area contributed by atoms with Crippen LogP contribution >= 0.6 is 23.1 Å². The Kier molecular flexibility index (Phi) is 4.72. The van der Waals surface area contributed by atoms with Gasteiger partial charge in [-0.25, -0.2) is 9.37 Å². The number of fused-ring (bicyclic) bond motifs is 1. The standard InChI is InChI=1S/C19H17FN2OS2/c20-13-6-1-3-9-16(13)24-12-18(23)22-11-5-8-15(22)19-21-14-7-2-4-10-17(14)25-19/h1-4,6-7,9-10,15H,5,8,11-12H2. The maximum Gasteiger partial charge on any atom is 0.233 e. The molecule has 4 rings (SSSR count). The molecule has 1 unspecified atom stereocenters. The topological polar surface area (TPSA) is 33.2 Å². The highest BCUT2D eigenvalue weighted by Gasteiger charge is 2.32. The molecule has 0 spiro atoms. The number of aromatic nitrogens is 1. The van der Waals surface area contributed by atoms with Gasteiger partial charge in [-0.2, -0.15) is 0 Å². The smallest absolute Gasteiger partial charge is 0.233 e. The van der Waals surface area contributed by atoms with E-state index in [4.69, 9.17) is 4.98 Å². The van der Waals surface area contributed by atoms with Crippen molar-refractivity contribution in [1.82, 2.24) is 9.88 Å². The summed E-state index contributed by atoms with van der Waals surface area (Å²) >= 11 is 2.92. The van der Waals surface area contributed by atoms with Crippen molar-refractivity contribution in [2.45, 2.75) is 23.8 Å². The minimum Gasteiger partial charge on any atom is -0.332 e. The zero-order chi connectivity index (χ0) is 17.2. The highest BCUT2D eigenvalue weighted by molar-refractivity contribution is 8.00. The van der Waals surface area contributed by atoms with E-state index in [1.807, 2.05) is 23.1 Å². The largest absolute Gasteiger partial charge is 0.332 e. The Bertz CT molecular complexity index is 878. The lowest BCUT2D eigenvalue weighted by Gasteiger charge is -2.23. The molecule has 1 aromatic heterocycles. The van der Waals surface area contributed by atoms with Gasteiger partial charge < -0.3 is 4.90 Å². The predicted molar refractivity (Wildman–Crippen MR) is 100 cm³/mol. The first-order valence-corrected chi connectivity index (χ1v) is 10.0. The summed E-state index contributed by atoms with van der Waals surface area (Å²) < 4.78 is 14.9. The number of rotatable bonds is 4. The Balaban J connectivity index is 1.49. The Morgan fingerprint density at radius 2 is 2.04 bits per heavy atom. The van der Waals surface area contributed by atoms with Gasteiger partial charge in [0.15, 0.2) is 0 Å². The van der Waals surface area contributed by atoms with E-state index in [0.29, 0.717) is 4.90 Å². The van der Waals surface area contributed by atoms with Gasteiger partial charge in [-0.15, -0.1) is 23.1 Å². The number of thiazole rings is 1. The fourth-order valence-corrected chi connectivity index (χ4v) is 5.08. The zero-order valence-corrected chi connectivity index (χ0v) is 15.2. The molecule has 25 heavy (non-hydrogen) atoms. The average molecular weight is 372 g/mol. The first kappa shape index (κ1) is 16.5. The van der Waals surface area contributed by atoms with E-state index in [1.54, 1.807) is 29.5 Å². The molecule has 3 aromatic rings. The van der Waals surface area contributed by atoms with E-state index >= 15 is 0 Å². The Hall–Kier alpha value is -1.92. The molecule has 0 radical (unpaired) electrons. The molecule has 1 amide bonds. The first-order chi connectivity index (χ1) is 12.2. The number of nitrogens with zero attached hydrogens (tertiary/aromatic N) is 2. The third kappa shape index (κ3) is 3.41. The molecule has 1 atom stereocenters. The van der Waals surface area contributed by atoms with Crippen LogP contribution in [0.25, 0.3) is 10.2 Å². The summed E-state index contributed by atoms with van der Waals surface area (Å²) in [5, 5.41) is 1.00. The van der Waals surface area contributed by atoms with Crippen molar-refractivity contribution in [1.29, 1.82) is 0 Å². The summed E-state index contributed by atoms with van der Waals surface area (Å²) in [5.41, 5.74) is 0.988. The van der Waals surface area contributed by atoms with Gasteiger partial charge in [0.1, 0.15) is 10.8 Å². The van der Waals surface area contributed by atoms with Crippen molar-refractivity contribution in [3.63, 3.8) is 0 Å². The quantitative estimate of drug-likeness (QED) is 0.611. The molecular weight excluding hydrogens is 355 g/mol. The van der Waals surface area contributed by atoms with Crippen LogP contribution in [-0.2, 0) is 4.79 Å². The molecule has 0 aliphatic carbocycles. The Morgan fingerprint density at radius 1 is 1.24 bits per heavy atom. The van der Waals surface area contributed by atoms with Gasteiger partial charge in [0.2, 0.25) is 5.91 Å². The van der Waals surface area contributed by atoms with Crippen molar-refractivity contribution in [2.75, 3.05) is 12.3 Å². The van der Waals surface area contributed by atoms with E-state index in [1.165, 1.54) is 17.8 Å². The lowest BCUT2D eigenvalue weighted by molar-refractivity contribution is -0.129. The number of carbonyl (C=O) groups is 1.